The lowest BCUT2D eigenvalue weighted by Crippen LogP contribution is -2.14. The van der Waals surface area contributed by atoms with Crippen molar-refractivity contribution in [2.75, 3.05) is 79.3 Å². The van der Waals surface area contributed by atoms with Crippen LogP contribution in [-0.2, 0) is 57.1 Å². The van der Waals surface area contributed by atoms with Gasteiger partial charge in [-0.15, -0.1) is 0 Å². The highest BCUT2D eigenvalue weighted by molar-refractivity contribution is 5.81. The second-order valence-electron chi connectivity index (χ2n) is 6.53. The summed E-state index contributed by atoms with van der Waals surface area (Å²) in [7, 11) is 0. The third kappa shape index (κ3) is 30.9. The molecule has 0 aromatic heterocycles. The van der Waals surface area contributed by atoms with Crippen LogP contribution in [0.15, 0.2) is 38.0 Å². The van der Waals surface area contributed by atoms with Crippen LogP contribution >= 0.6 is 0 Å². The van der Waals surface area contributed by atoms with Gasteiger partial charge in [-0.25, -0.2) is 14.4 Å². The van der Waals surface area contributed by atoms with Crippen molar-refractivity contribution >= 4 is 23.9 Å². The Morgan fingerprint density at radius 1 is 0.486 bits per heavy atom. The molecule has 37 heavy (non-hydrogen) atoms. The fraction of sp³-hybridized carbons (Fsp3) is 0.600. The number of hydrogen-bond donors (Lipinski definition) is 0. The van der Waals surface area contributed by atoms with Gasteiger partial charge >= 0.3 is 23.9 Å². The first-order chi connectivity index (χ1) is 17.9. The van der Waals surface area contributed by atoms with Gasteiger partial charge in [-0.05, 0) is 6.42 Å². The van der Waals surface area contributed by atoms with Gasteiger partial charge in [-0.2, -0.15) is 0 Å². The molecule has 0 heterocycles. The van der Waals surface area contributed by atoms with Gasteiger partial charge in [0.1, 0.15) is 26.4 Å². The maximum absolute atomic E-state index is 11.0. The highest BCUT2D eigenvalue weighted by atomic mass is 16.6. The van der Waals surface area contributed by atoms with Crippen molar-refractivity contribution in [3.63, 3.8) is 0 Å². The van der Waals surface area contributed by atoms with E-state index in [4.69, 9.17) is 28.4 Å². The second kappa shape index (κ2) is 29.2. The molecule has 0 aromatic carbocycles. The lowest BCUT2D eigenvalue weighted by molar-refractivity contribution is -0.145. The van der Waals surface area contributed by atoms with Crippen molar-refractivity contribution < 1.29 is 57.1 Å². The molecule has 0 atom stereocenters. The molecule has 0 saturated carbocycles. The molecule has 212 valence electrons. The number of rotatable bonds is 23. The van der Waals surface area contributed by atoms with Crippen LogP contribution in [0.1, 0.15) is 19.8 Å². The Morgan fingerprint density at radius 2 is 0.757 bits per heavy atom. The molecule has 12 nitrogen and oxygen atoms in total. The molecule has 0 amide bonds. The quantitative estimate of drug-likeness (QED) is 0.0816. The molecule has 0 fully saturated rings. The van der Waals surface area contributed by atoms with Crippen LogP contribution in [0.5, 0.6) is 0 Å². The first-order valence-electron chi connectivity index (χ1n) is 11.7. The van der Waals surface area contributed by atoms with Gasteiger partial charge in [-0.1, -0.05) is 26.7 Å². The van der Waals surface area contributed by atoms with Gasteiger partial charge < -0.3 is 37.9 Å². The molecular weight excluding hydrogens is 492 g/mol. The van der Waals surface area contributed by atoms with Gasteiger partial charge in [0.25, 0.3) is 0 Å². The number of carbonyl (C=O) groups excluding carboxylic acids is 4. The van der Waals surface area contributed by atoms with E-state index in [1.54, 1.807) is 0 Å². The van der Waals surface area contributed by atoms with E-state index in [-0.39, 0.29) is 32.4 Å². The summed E-state index contributed by atoms with van der Waals surface area (Å²) in [4.78, 5) is 42.9. The van der Waals surface area contributed by atoms with Crippen LogP contribution in [0.2, 0.25) is 0 Å². The largest absolute Gasteiger partial charge is 0.463 e. The van der Waals surface area contributed by atoms with Crippen molar-refractivity contribution in [2.24, 2.45) is 0 Å². The average Bonchev–Trinajstić information content (AvgIpc) is 2.90. The van der Waals surface area contributed by atoms with Crippen molar-refractivity contribution in [1.82, 2.24) is 0 Å². The molecule has 0 rings (SSSR count). The fourth-order valence-electron chi connectivity index (χ4n) is 1.92. The van der Waals surface area contributed by atoms with Gasteiger partial charge in [-0.3, -0.25) is 4.79 Å². The van der Waals surface area contributed by atoms with Crippen LogP contribution in [0.3, 0.4) is 0 Å². The van der Waals surface area contributed by atoms with Crippen molar-refractivity contribution in [1.29, 1.82) is 0 Å². The minimum atomic E-state index is -0.473. The molecule has 0 N–H and O–H groups in total. The summed E-state index contributed by atoms with van der Waals surface area (Å²) in [6.07, 6.45) is 4.50. The zero-order valence-electron chi connectivity index (χ0n) is 21.7. The van der Waals surface area contributed by atoms with Crippen LogP contribution in [0.4, 0.5) is 0 Å². The Morgan fingerprint density at radius 3 is 1.03 bits per heavy atom. The predicted molar refractivity (Wildman–Crippen MR) is 133 cm³/mol. The van der Waals surface area contributed by atoms with E-state index >= 15 is 0 Å². The standard InChI is InChI=1S/C13H22O6.C12H18O6/c1-3-5-13(15)19-11-9-17-7-6-16-8-10-18-12(14)4-2;1-3-11(13)17-9-7-15-5-6-16-8-10-18-12(14)4-2/h4H,2-3,5-11H2,1H3;3-4H,1-2,5-10H2. The first-order valence-corrected chi connectivity index (χ1v) is 11.7. The number of carbonyl (C=O) groups is 4. The lowest BCUT2D eigenvalue weighted by Gasteiger charge is -2.06. The normalized spacial score (nSPS) is 9.76. The second-order valence-corrected chi connectivity index (χ2v) is 6.53. The van der Waals surface area contributed by atoms with E-state index in [0.717, 1.165) is 24.6 Å². The Hall–Kier alpha value is -3.06. The summed E-state index contributed by atoms with van der Waals surface area (Å²) in [6.45, 7) is 15.3. The van der Waals surface area contributed by atoms with Crippen LogP contribution in [0.25, 0.3) is 0 Å². The number of esters is 4. The summed E-state index contributed by atoms with van der Waals surface area (Å²) >= 11 is 0. The minimum Gasteiger partial charge on any atom is -0.463 e. The summed E-state index contributed by atoms with van der Waals surface area (Å²) in [6, 6.07) is 0. The van der Waals surface area contributed by atoms with E-state index < -0.39 is 17.9 Å². The van der Waals surface area contributed by atoms with E-state index in [2.05, 4.69) is 29.2 Å². The zero-order chi connectivity index (χ0) is 28.0. The Bertz CT molecular complexity index is 620. The Kier molecular flexibility index (Phi) is 28.5. The van der Waals surface area contributed by atoms with Crippen LogP contribution < -0.4 is 0 Å². The lowest BCUT2D eigenvalue weighted by atomic mass is 10.3. The molecule has 0 aromatic rings. The maximum Gasteiger partial charge on any atom is 0.330 e. The average molecular weight is 533 g/mol. The minimum absolute atomic E-state index is 0.182. The highest BCUT2D eigenvalue weighted by Gasteiger charge is 2.00. The van der Waals surface area contributed by atoms with Crippen LogP contribution in [-0.4, -0.2) is 103 Å². The van der Waals surface area contributed by atoms with E-state index in [1.165, 1.54) is 0 Å². The van der Waals surface area contributed by atoms with Gasteiger partial charge in [0.05, 0.1) is 52.9 Å². The maximum atomic E-state index is 11.0. The third-order valence-corrected chi connectivity index (χ3v) is 3.60. The van der Waals surface area contributed by atoms with Gasteiger partial charge in [0.2, 0.25) is 0 Å². The van der Waals surface area contributed by atoms with E-state index in [0.29, 0.717) is 59.3 Å². The zero-order valence-corrected chi connectivity index (χ0v) is 21.7. The highest BCUT2D eigenvalue weighted by Crippen LogP contribution is 1.91. The van der Waals surface area contributed by atoms with Crippen LogP contribution in [0, 0.1) is 0 Å². The Labute approximate surface area is 218 Å². The third-order valence-electron chi connectivity index (χ3n) is 3.60. The summed E-state index contributed by atoms with van der Waals surface area (Å²) < 4.78 is 39.5. The van der Waals surface area contributed by atoms with Crippen molar-refractivity contribution in [2.45, 2.75) is 19.8 Å². The topological polar surface area (TPSA) is 142 Å². The predicted octanol–water partition coefficient (Wildman–Crippen LogP) is 1.57. The van der Waals surface area contributed by atoms with E-state index in [1.807, 2.05) is 6.92 Å². The number of ether oxygens (including phenoxy) is 8. The molecule has 0 radical (unpaired) electrons. The first kappa shape index (κ1) is 36.1. The summed E-state index contributed by atoms with van der Waals surface area (Å²) in [5.74, 6) is -1.61. The van der Waals surface area contributed by atoms with Crippen molar-refractivity contribution in [3.8, 4) is 0 Å². The molecule has 0 bridgehead atoms. The van der Waals surface area contributed by atoms with Crippen molar-refractivity contribution in [3.05, 3.63) is 38.0 Å². The molecule has 0 aliphatic carbocycles. The fourth-order valence-corrected chi connectivity index (χ4v) is 1.92. The summed E-state index contributed by atoms with van der Waals surface area (Å²) in [5, 5.41) is 0. The van der Waals surface area contributed by atoms with E-state index in [9.17, 15) is 19.2 Å². The molecular formula is C25H40O12. The molecule has 0 saturated heterocycles. The van der Waals surface area contributed by atoms with Gasteiger partial charge in [0.15, 0.2) is 0 Å². The molecule has 12 heteroatoms. The Balaban J connectivity index is 0. The number of hydrogen-bond acceptors (Lipinski definition) is 12. The molecule has 0 aliphatic heterocycles. The molecule has 0 unspecified atom stereocenters. The SMILES string of the molecule is C=CC(=O)OCCOCCOCCOC(=O)C=C.C=CC(=O)OCCOCCOCCOC(=O)CCC. The smallest absolute Gasteiger partial charge is 0.330 e. The molecule has 0 spiro atoms. The van der Waals surface area contributed by atoms with Gasteiger partial charge in [0, 0.05) is 24.6 Å². The monoisotopic (exact) mass is 532 g/mol. The molecule has 0 aliphatic rings. The summed E-state index contributed by atoms with van der Waals surface area (Å²) in [5.41, 5.74) is 0.